The topological polar surface area (TPSA) is 96.1 Å². The number of likely N-dealkylation sites (N-methyl/N-ethyl adjacent to an activating group) is 1. The number of benzene rings is 1. The van der Waals surface area contributed by atoms with Crippen molar-refractivity contribution in [2.45, 2.75) is 32.0 Å². The fourth-order valence-electron chi connectivity index (χ4n) is 2.10. The van der Waals surface area contributed by atoms with Gasteiger partial charge < -0.3 is 20.4 Å². The lowest BCUT2D eigenvalue weighted by atomic mass is 10.3. The van der Waals surface area contributed by atoms with Crippen LogP contribution in [-0.4, -0.2) is 46.7 Å². The smallest absolute Gasteiger partial charge is 0.242 e. The van der Waals surface area contributed by atoms with Crippen molar-refractivity contribution < 1.29 is 14.3 Å². The number of aromatic amines is 1. The highest BCUT2D eigenvalue weighted by Gasteiger charge is 2.15. The molecule has 0 bridgehead atoms. The van der Waals surface area contributed by atoms with E-state index in [1.165, 1.54) is 11.8 Å². The number of hydrogen-bond acceptors (Lipinski definition) is 5. The number of nitrogens with one attached hydrogen (secondary N) is 3. The Morgan fingerprint density at radius 1 is 1.38 bits per heavy atom. The van der Waals surface area contributed by atoms with Crippen molar-refractivity contribution in [3.8, 4) is 5.75 Å². The van der Waals surface area contributed by atoms with Crippen molar-refractivity contribution in [3.63, 3.8) is 0 Å². The van der Waals surface area contributed by atoms with Crippen LogP contribution >= 0.6 is 11.8 Å². The van der Waals surface area contributed by atoms with Gasteiger partial charge in [0.2, 0.25) is 11.8 Å². The number of rotatable bonds is 8. The minimum absolute atomic E-state index is 0.182. The van der Waals surface area contributed by atoms with E-state index < -0.39 is 6.04 Å². The molecular weight excluding hydrogens is 328 g/mol. The highest BCUT2D eigenvalue weighted by molar-refractivity contribution is 7.99. The van der Waals surface area contributed by atoms with Crippen LogP contribution in [0.3, 0.4) is 0 Å². The van der Waals surface area contributed by atoms with Crippen molar-refractivity contribution >= 4 is 34.6 Å². The van der Waals surface area contributed by atoms with Crippen LogP contribution in [0, 0.1) is 0 Å². The third kappa shape index (κ3) is 4.89. The highest BCUT2D eigenvalue weighted by atomic mass is 32.2. The van der Waals surface area contributed by atoms with Gasteiger partial charge in [-0.05, 0) is 32.9 Å². The Kier molecular flexibility index (Phi) is 6.48. The number of thioether (sulfide) groups is 1. The van der Waals surface area contributed by atoms with Gasteiger partial charge in [-0.15, -0.1) is 0 Å². The van der Waals surface area contributed by atoms with Crippen LogP contribution < -0.4 is 15.4 Å². The largest absolute Gasteiger partial charge is 0.494 e. The standard InChI is InChI=1S/C16H22N4O3S/c1-4-17-15(22)10(3)18-14(21)9-24-16-19-12-7-6-11(23-5-2)8-13(12)20-16/h6-8,10H,4-5,9H2,1-3H3,(H,17,22)(H,18,21)(H,19,20)/t10-/m0/s1. The molecule has 1 aromatic carbocycles. The summed E-state index contributed by atoms with van der Waals surface area (Å²) in [4.78, 5) is 31.1. The maximum atomic E-state index is 11.9. The Labute approximate surface area is 144 Å². The second-order valence-electron chi connectivity index (χ2n) is 5.13. The van der Waals surface area contributed by atoms with Crippen LogP contribution in [0.2, 0.25) is 0 Å². The molecule has 24 heavy (non-hydrogen) atoms. The van der Waals surface area contributed by atoms with Gasteiger partial charge in [0.15, 0.2) is 5.16 Å². The average molecular weight is 350 g/mol. The maximum absolute atomic E-state index is 11.9. The van der Waals surface area contributed by atoms with E-state index in [2.05, 4.69) is 20.6 Å². The van der Waals surface area contributed by atoms with Gasteiger partial charge in [0.05, 0.1) is 23.4 Å². The Morgan fingerprint density at radius 3 is 2.88 bits per heavy atom. The van der Waals surface area contributed by atoms with E-state index >= 15 is 0 Å². The summed E-state index contributed by atoms with van der Waals surface area (Å²) in [6, 6.07) is 5.06. The fraction of sp³-hybridized carbons (Fsp3) is 0.438. The summed E-state index contributed by atoms with van der Waals surface area (Å²) < 4.78 is 5.45. The molecule has 0 radical (unpaired) electrons. The van der Waals surface area contributed by atoms with Crippen LogP contribution in [0.4, 0.5) is 0 Å². The molecule has 3 N–H and O–H groups in total. The molecule has 7 nitrogen and oxygen atoms in total. The number of amides is 2. The third-order valence-electron chi connectivity index (χ3n) is 3.20. The molecule has 130 valence electrons. The van der Waals surface area contributed by atoms with E-state index in [1.807, 2.05) is 32.0 Å². The summed E-state index contributed by atoms with van der Waals surface area (Å²) >= 11 is 1.29. The second-order valence-corrected chi connectivity index (χ2v) is 6.09. The summed E-state index contributed by atoms with van der Waals surface area (Å²) in [5, 5.41) is 5.98. The normalized spacial score (nSPS) is 12.0. The Morgan fingerprint density at radius 2 is 2.17 bits per heavy atom. The highest BCUT2D eigenvalue weighted by Crippen LogP contribution is 2.23. The van der Waals surface area contributed by atoms with E-state index in [1.54, 1.807) is 6.92 Å². The van der Waals surface area contributed by atoms with Crippen LogP contribution in [0.5, 0.6) is 5.75 Å². The fourth-order valence-corrected chi connectivity index (χ4v) is 2.80. The molecule has 0 unspecified atom stereocenters. The zero-order valence-electron chi connectivity index (χ0n) is 14.0. The zero-order chi connectivity index (χ0) is 17.5. The summed E-state index contributed by atoms with van der Waals surface area (Å²) in [6.45, 7) is 6.56. The average Bonchev–Trinajstić information content (AvgIpc) is 2.95. The van der Waals surface area contributed by atoms with E-state index in [0.717, 1.165) is 16.8 Å². The number of fused-ring (bicyclic) bond motifs is 1. The Hall–Kier alpha value is -2.22. The number of H-pyrrole nitrogens is 1. The van der Waals surface area contributed by atoms with Gasteiger partial charge in [-0.3, -0.25) is 9.59 Å². The molecule has 1 heterocycles. The molecule has 0 spiro atoms. The van der Waals surface area contributed by atoms with Gasteiger partial charge in [0.25, 0.3) is 0 Å². The van der Waals surface area contributed by atoms with Gasteiger partial charge in [0.1, 0.15) is 11.8 Å². The van der Waals surface area contributed by atoms with Crippen LogP contribution in [0.1, 0.15) is 20.8 Å². The van der Waals surface area contributed by atoms with Crippen molar-refractivity contribution in [3.05, 3.63) is 18.2 Å². The lowest BCUT2D eigenvalue weighted by Gasteiger charge is -2.12. The molecule has 2 aromatic rings. The van der Waals surface area contributed by atoms with Crippen LogP contribution in [0.25, 0.3) is 11.0 Å². The quantitative estimate of drug-likeness (QED) is 0.630. The van der Waals surface area contributed by atoms with Crippen molar-refractivity contribution in [1.82, 2.24) is 20.6 Å². The van der Waals surface area contributed by atoms with E-state index in [9.17, 15) is 9.59 Å². The predicted molar refractivity (Wildman–Crippen MR) is 94.3 cm³/mol. The first-order chi connectivity index (χ1) is 11.5. The predicted octanol–water partition coefficient (Wildman–Crippen LogP) is 1.69. The van der Waals surface area contributed by atoms with E-state index in [4.69, 9.17) is 4.74 Å². The van der Waals surface area contributed by atoms with Crippen molar-refractivity contribution in [1.29, 1.82) is 0 Å². The second kappa shape index (κ2) is 8.58. The van der Waals surface area contributed by atoms with Crippen LogP contribution in [0.15, 0.2) is 23.4 Å². The summed E-state index contributed by atoms with van der Waals surface area (Å²) in [6.07, 6.45) is 0. The van der Waals surface area contributed by atoms with E-state index in [-0.39, 0.29) is 17.6 Å². The number of ether oxygens (including phenoxy) is 1. The number of aromatic nitrogens is 2. The van der Waals surface area contributed by atoms with E-state index in [0.29, 0.717) is 18.3 Å². The summed E-state index contributed by atoms with van der Waals surface area (Å²) in [5.41, 5.74) is 1.68. The van der Waals surface area contributed by atoms with Crippen molar-refractivity contribution in [2.24, 2.45) is 0 Å². The summed E-state index contributed by atoms with van der Waals surface area (Å²) in [5.74, 6) is 0.554. The molecule has 0 aliphatic carbocycles. The Balaban J connectivity index is 1.90. The van der Waals surface area contributed by atoms with Gasteiger partial charge >= 0.3 is 0 Å². The lowest BCUT2D eigenvalue weighted by Crippen LogP contribution is -2.45. The molecule has 0 aliphatic rings. The van der Waals surface area contributed by atoms with Crippen molar-refractivity contribution in [2.75, 3.05) is 18.9 Å². The molecule has 0 fully saturated rings. The Bertz CT molecular complexity index is 716. The van der Waals surface area contributed by atoms with Gasteiger partial charge in [-0.25, -0.2) is 4.98 Å². The van der Waals surface area contributed by atoms with Gasteiger partial charge in [0, 0.05) is 12.6 Å². The molecule has 0 saturated carbocycles. The number of carbonyl (C=O) groups excluding carboxylic acids is 2. The third-order valence-corrected chi connectivity index (χ3v) is 4.08. The molecule has 2 amide bonds. The first-order valence-electron chi connectivity index (χ1n) is 7.86. The monoisotopic (exact) mass is 350 g/mol. The lowest BCUT2D eigenvalue weighted by molar-refractivity contribution is -0.127. The SMILES string of the molecule is CCNC(=O)[C@H](C)NC(=O)CSc1nc2ccc(OCC)cc2[nH]1. The molecule has 0 saturated heterocycles. The first-order valence-corrected chi connectivity index (χ1v) is 8.84. The summed E-state index contributed by atoms with van der Waals surface area (Å²) in [7, 11) is 0. The minimum Gasteiger partial charge on any atom is -0.494 e. The molecule has 1 atom stereocenters. The van der Waals surface area contributed by atoms with Gasteiger partial charge in [-0.2, -0.15) is 0 Å². The number of nitrogens with zero attached hydrogens (tertiary/aromatic N) is 1. The molecule has 0 aliphatic heterocycles. The molecule has 8 heteroatoms. The van der Waals surface area contributed by atoms with Gasteiger partial charge in [-0.1, -0.05) is 11.8 Å². The molecular formula is C16H22N4O3S. The number of hydrogen-bond donors (Lipinski definition) is 3. The molecule has 2 rings (SSSR count). The molecule has 1 aromatic heterocycles. The number of carbonyl (C=O) groups is 2. The zero-order valence-corrected chi connectivity index (χ0v) is 14.8. The van der Waals surface area contributed by atoms with Crippen LogP contribution in [-0.2, 0) is 9.59 Å². The maximum Gasteiger partial charge on any atom is 0.242 e. The number of imidazole rings is 1. The minimum atomic E-state index is -0.553. The first kappa shape index (κ1) is 18.1.